The highest BCUT2D eigenvalue weighted by Crippen LogP contribution is 2.25. The first-order valence-corrected chi connectivity index (χ1v) is 8.64. The maximum atomic E-state index is 12.1. The number of β-amino-alcohol motifs (C(OH)–C–C–N with tert-alkyl or cyclic N) is 1. The monoisotopic (exact) mass is 359 g/mol. The Labute approximate surface area is 152 Å². The highest BCUT2D eigenvalue weighted by molar-refractivity contribution is 5.75. The van der Waals surface area contributed by atoms with E-state index in [9.17, 15) is 9.90 Å². The van der Waals surface area contributed by atoms with Gasteiger partial charge < -0.3 is 24.8 Å². The molecule has 2 aromatic rings. The van der Waals surface area contributed by atoms with Crippen LogP contribution in [-0.4, -0.2) is 69.9 Å². The van der Waals surface area contributed by atoms with Crippen molar-refractivity contribution in [3.63, 3.8) is 0 Å². The van der Waals surface area contributed by atoms with Crippen LogP contribution in [0.1, 0.15) is 12.8 Å². The van der Waals surface area contributed by atoms with Crippen LogP contribution in [0.5, 0.6) is 0 Å². The first kappa shape index (κ1) is 18.1. The van der Waals surface area contributed by atoms with Crippen molar-refractivity contribution >= 4 is 17.5 Å². The van der Waals surface area contributed by atoms with Crippen molar-refractivity contribution in [3.8, 4) is 0 Å². The van der Waals surface area contributed by atoms with Gasteiger partial charge in [0.25, 0.3) is 0 Å². The van der Waals surface area contributed by atoms with E-state index in [4.69, 9.17) is 0 Å². The van der Waals surface area contributed by atoms with Gasteiger partial charge in [0.05, 0.1) is 11.9 Å². The van der Waals surface area contributed by atoms with E-state index in [1.165, 1.54) is 6.33 Å². The average Bonchev–Trinajstić information content (AvgIpc) is 3.13. The van der Waals surface area contributed by atoms with Crippen LogP contribution in [0.15, 0.2) is 31.1 Å². The molecule has 1 unspecified atom stereocenters. The SMILES string of the molecule is CN(C)c1cc(N2CCCC(O)(CNC(=O)Cn3ccnc3)C2)ncn1. The molecule has 0 aromatic carbocycles. The van der Waals surface area contributed by atoms with Gasteiger partial charge in [-0.15, -0.1) is 0 Å². The number of aromatic nitrogens is 4. The zero-order valence-electron chi connectivity index (χ0n) is 15.2. The largest absolute Gasteiger partial charge is 0.386 e. The van der Waals surface area contributed by atoms with E-state index in [-0.39, 0.29) is 19.0 Å². The first-order chi connectivity index (χ1) is 12.5. The molecule has 1 aliphatic heterocycles. The van der Waals surface area contributed by atoms with E-state index in [2.05, 4.69) is 20.3 Å². The Kier molecular flexibility index (Phi) is 5.36. The number of hydrogen-bond donors (Lipinski definition) is 2. The van der Waals surface area contributed by atoms with Crippen molar-refractivity contribution in [3.05, 3.63) is 31.1 Å². The molecule has 1 aliphatic rings. The van der Waals surface area contributed by atoms with Crippen molar-refractivity contribution in [2.24, 2.45) is 0 Å². The number of aliphatic hydroxyl groups is 1. The molecule has 9 nitrogen and oxygen atoms in total. The van der Waals surface area contributed by atoms with Crippen LogP contribution in [0.2, 0.25) is 0 Å². The molecular formula is C17H25N7O2. The van der Waals surface area contributed by atoms with E-state index in [0.717, 1.165) is 24.6 Å². The second kappa shape index (κ2) is 7.69. The number of rotatable bonds is 6. The molecule has 1 amide bonds. The van der Waals surface area contributed by atoms with Gasteiger partial charge in [0.15, 0.2) is 0 Å². The molecule has 0 aliphatic carbocycles. The summed E-state index contributed by atoms with van der Waals surface area (Å²) in [4.78, 5) is 28.5. The number of nitrogens with zero attached hydrogens (tertiary/aromatic N) is 6. The molecule has 3 rings (SSSR count). The third-order valence-corrected chi connectivity index (χ3v) is 4.48. The summed E-state index contributed by atoms with van der Waals surface area (Å²) in [6.45, 7) is 1.64. The molecule has 0 spiro atoms. The fraction of sp³-hybridized carbons (Fsp3) is 0.529. The molecule has 2 N–H and O–H groups in total. The minimum atomic E-state index is -0.980. The van der Waals surface area contributed by atoms with Crippen LogP contribution in [0.4, 0.5) is 11.6 Å². The summed E-state index contributed by atoms with van der Waals surface area (Å²) in [6.07, 6.45) is 7.95. The summed E-state index contributed by atoms with van der Waals surface area (Å²) >= 11 is 0. The van der Waals surface area contributed by atoms with Gasteiger partial charge >= 0.3 is 0 Å². The van der Waals surface area contributed by atoms with Gasteiger partial charge in [-0.05, 0) is 12.8 Å². The fourth-order valence-corrected chi connectivity index (χ4v) is 3.07. The summed E-state index contributed by atoms with van der Waals surface area (Å²) in [6, 6.07) is 1.91. The zero-order valence-corrected chi connectivity index (χ0v) is 15.2. The minimum Gasteiger partial charge on any atom is -0.386 e. The molecule has 1 saturated heterocycles. The highest BCUT2D eigenvalue weighted by Gasteiger charge is 2.34. The lowest BCUT2D eigenvalue weighted by Crippen LogP contribution is -2.54. The third kappa shape index (κ3) is 4.48. The predicted octanol–water partition coefficient (Wildman–Crippen LogP) is -0.113. The van der Waals surface area contributed by atoms with Crippen LogP contribution in [0, 0.1) is 0 Å². The molecule has 0 radical (unpaired) electrons. The number of carbonyl (C=O) groups excluding carboxylic acids is 1. The zero-order chi connectivity index (χ0) is 18.6. The normalized spacial score (nSPS) is 20.0. The van der Waals surface area contributed by atoms with E-state index < -0.39 is 5.60 Å². The lowest BCUT2D eigenvalue weighted by molar-refractivity contribution is -0.123. The molecule has 1 fully saturated rings. The number of anilines is 2. The third-order valence-electron chi connectivity index (χ3n) is 4.48. The van der Waals surface area contributed by atoms with E-state index >= 15 is 0 Å². The standard InChI is InChI=1S/C17H25N7O2/c1-22(2)14-8-15(21-12-20-14)24-6-3-4-17(26,11-24)10-19-16(25)9-23-7-5-18-13-23/h5,7-8,12-13,26H,3-4,6,9-11H2,1-2H3,(H,19,25). The number of nitrogens with one attached hydrogen (secondary N) is 1. The molecule has 0 saturated carbocycles. The number of piperidine rings is 1. The molecule has 140 valence electrons. The van der Waals surface area contributed by atoms with E-state index in [1.807, 2.05) is 30.0 Å². The van der Waals surface area contributed by atoms with E-state index in [1.54, 1.807) is 23.3 Å². The number of carbonyl (C=O) groups is 1. The van der Waals surface area contributed by atoms with Gasteiger partial charge in [0.2, 0.25) is 5.91 Å². The quantitative estimate of drug-likeness (QED) is 0.742. The van der Waals surface area contributed by atoms with Crippen LogP contribution in [0.3, 0.4) is 0 Å². The van der Waals surface area contributed by atoms with Crippen molar-refractivity contribution in [1.29, 1.82) is 0 Å². The highest BCUT2D eigenvalue weighted by atomic mass is 16.3. The molecule has 9 heteroatoms. The maximum absolute atomic E-state index is 12.1. The predicted molar refractivity (Wildman–Crippen MR) is 98.0 cm³/mol. The van der Waals surface area contributed by atoms with Crippen molar-refractivity contribution in [1.82, 2.24) is 24.8 Å². The second-order valence-corrected chi connectivity index (χ2v) is 6.89. The van der Waals surface area contributed by atoms with Gasteiger partial charge in [-0.2, -0.15) is 0 Å². The lowest BCUT2D eigenvalue weighted by Gasteiger charge is -2.40. The number of imidazole rings is 1. The van der Waals surface area contributed by atoms with E-state index in [0.29, 0.717) is 13.0 Å². The van der Waals surface area contributed by atoms with Gasteiger partial charge in [-0.3, -0.25) is 4.79 Å². The van der Waals surface area contributed by atoms with Crippen molar-refractivity contribution < 1.29 is 9.90 Å². The fourth-order valence-electron chi connectivity index (χ4n) is 3.07. The Hall–Kier alpha value is -2.68. The number of hydrogen-bond acceptors (Lipinski definition) is 7. The Morgan fingerprint density at radius 3 is 3.00 bits per heavy atom. The molecule has 1 atom stereocenters. The minimum absolute atomic E-state index is 0.148. The Bertz CT molecular complexity index is 734. The number of amides is 1. The topological polar surface area (TPSA) is 99.4 Å². The maximum Gasteiger partial charge on any atom is 0.240 e. The molecule has 2 aromatic heterocycles. The van der Waals surface area contributed by atoms with Crippen molar-refractivity contribution in [2.75, 3.05) is 43.5 Å². The van der Waals surface area contributed by atoms with Gasteiger partial charge in [0.1, 0.15) is 24.5 Å². The Balaban J connectivity index is 1.59. The molecule has 3 heterocycles. The van der Waals surface area contributed by atoms with Crippen molar-refractivity contribution in [2.45, 2.75) is 25.0 Å². The Morgan fingerprint density at radius 1 is 1.42 bits per heavy atom. The molecule has 26 heavy (non-hydrogen) atoms. The summed E-state index contributed by atoms with van der Waals surface area (Å²) in [5, 5.41) is 13.8. The lowest BCUT2D eigenvalue weighted by atomic mass is 9.92. The van der Waals surface area contributed by atoms with Crippen LogP contribution < -0.4 is 15.1 Å². The average molecular weight is 359 g/mol. The molecular weight excluding hydrogens is 334 g/mol. The molecule has 0 bridgehead atoms. The van der Waals surface area contributed by atoms with Crippen LogP contribution in [0.25, 0.3) is 0 Å². The first-order valence-electron chi connectivity index (χ1n) is 8.64. The van der Waals surface area contributed by atoms with Crippen LogP contribution in [-0.2, 0) is 11.3 Å². The Morgan fingerprint density at radius 2 is 2.27 bits per heavy atom. The summed E-state index contributed by atoms with van der Waals surface area (Å²) in [5.41, 5.74) is -0.980. The summed E-state index contributed by atoms with van der Waals surface area (Å²) in [7, 11) is 3.85. The summed E-state index contributed by atoms with van der Waals surface area (Å²) < 4.78 is 1.69. The van der Waals surface area contributed by atoms with Crippen LogP contribution >= 0.6 is 0 Å². The second-order valence-electron chi connectivity index (χ2n) is 6.89. The van der Waals surface area contributed by atoms with Gasteiger partial charge in [0, 0.05) is 52.2 Å². The summed E-state index contributed by atoms with van der Waals surface area (Å²) in [5.74, 6) is 1.45. The van der Waals surface area contributed by atoms with Gasteiger partial charge in [-0.25, -0.2) is 15.0 Å². The van der Waals surface area contributed by atoms with Gasteiger partial charge in [-0.1, -0.05) is 0 Å². The smallest absolute Gasteiger partial charge is 0.240 e.